The molecule has 0 amide bonds. The van der Waals surface area contributed by atoms with Gasteiger partial charge in [0.25, 0.3) is 0 Å². The lowest BCUT2D eigenvalue weighted by molar-refractivity contribution is 0.731. The van der Waals surface area contributed by atoms with Crippen molar-refractivity contribution in [3.05, 3.63) is 38.2 Å². The van der Waals surface area contributed by atoms with Gasteiger partial charge in [0, 0.05) is 5.92 Å². The van der Waals surface area contributed by atoms with Gasteiger partial charge in [-0.05, 0) is 30.5 Å². The van der Waals surface area contributed by atoms with E-state index in [1.807, 2.05) is 13.0 Å². The van der Waals surface area contributed by atoms with Crippen molar-refractivity contribution in [1.29, 1.82) is 5.26 Å². The summed E-state index contributed by atoms with van der Waals surface area (Å²) in [5.41, 5.74) is 1.07. The fourth-order valence-electron chi connectivity index (χ4n) is 2.18. The van der Waals surface area contributed by atoms with E-state index < -0.39 is 5.41 Å². The van der Waals surface area contributed by atoms with E-state index in [9.17, 15) is 10.2 Å². The van der Waals surface area contributed by atoms with Crippen molar-refractivity contribution >= 4 is 23.2 Å². The summed E-state index contributed by atoms with van der Waals surface area (Å²) < 4.78 is 0. The summed E-state index contributed by atoms with van der Waals surface area (Å²) in [6, 6.07) is 5.85. The van der Waals surface area contributed by atoms with Crippen molar-refractivity contribution in [1.82, 2.24) is 0 Å². The van der Waals surface area contributed by atoms with Crippen LogP contribution in [0.5, 0.6) is 0 Å². The Bertz CT molecular complexity index is 501. The summed E-state index contributed by atoms with van der Waals surface area (Å²) in [6.07, 6.45) is 0.659. The molecule has 1 aromatic carbocycles. The van der Waals surface area contributed by atoms with Gasteiger partial charge in [0.1, 0.15) is 0 Å². The zero-order chi connectivity index (χ0) is 12.6. The predicted molar refractivity (Wildman–Crippen MR) is 67.3 cm³/mol. The summed E-state index contributed by atoms with van der Waals surface area (Å²) in [6.45, 7) is 2.02. The molecule has 0 radical (unpaired) electrons. The van der Waals surface area contributed by atoms with E-state index in [0.29, 0.717) is 16.5 Å². The highest BCUT2D eigenvalue weighted by atomic mass is 35.5. The molecule has 88 valence electrons. The van der Waals surface area contributed by atoms with Crippen LogP contribution < -0.4 is 0 Å². The van der Waals surface area contributed by atoms with Crippen LogP contribution in [0.25, 0.3) is 0 Å². The summed E-state index contributed by atoms with van der Waals surface area (Å²) in [4.78, 5) is 10.3. The first-order valence-electron chi connectivity index (χ1n) is 5.21. The number of rotatable bonds is 3. The number of hydrogen-bond donors (Lipinski definition) is 0. The molecule has 0 N–H and O–H groups in total. The van der Waals surface area contributed by atoms with E-state index >= 15 is 0 Å². The van der Waals surface area contributed by atoms with Crippen LogP contribution in [-0.4, -0.2) is 6.54 Å². The van der Waals surface area contributed by atoms with Crippen LogP contribution in [0.4, 0.5) is 0 Å². The largest absolute Gasteiger partial charge is 0.197 e. The first-order valence-corrected chi connectivity index (χ1v) is 5.97. The Balaban J connectivity index is 2.42. The third-order valence-corrected chi connectivity index (χ3v) is 4.22. The molecule has 0 bridgehead atoms. The maximum atomic E-state index is 10.3. The van der Waals surface area contributed by atoms with Crippen LogP contribution in [0.1, 0.15) is 17.5 Å². The van der Waals surface area contributed by atoms with E-state index in [2.05, 4.69) is 11.2 Å². The second-order valence-corrected chi connectivity index (χ2v) is 5.17. The molecule has 0 unspecified atom stereocenters. The van der Waals surface area contributed by atoms with Gasteiger partial charge in [0.05, 0.1) is 28.1 Å². The molecule has 3 nitrogen and oxygen atoms in total. The second-order valence-electron chi connectivity index (χ2n) is 4.38. The molecule has 17 heavy (non-hydrogen) atoms. The van der Waals surface area contributed by atoms with Gasteiger partial charge in [0.2, 0.25) is 0 Å². The lowest BCUT2D eigenvalue weighted by atomic mass is 9.93. The molecular formula is C12H10Cl2N2O. The molecule has 0 aliphatic heterocycles. The van der Waals surface area contributed by atoms with Gasteiger partial charge in [-0.3, -0.25) is 0 Å². The molecule has 0 aromatic heterocycles. The van der Waals surface area contributed by atoms with Crippen molar-refractivity contribution in [3.8, 4) is 6.07 Å². The van der Waals surface area contributed by atoms with Crippen molar-refractivity contribution in [2.75, 3.05) is 6.54 Å². The molecule has 1 saturated carbocycles. The van der Waals surface area contributed by atoms with Gasteiger partial charge in [-0.15, -0.1) is 0 Å². The summed E-state index contributed by atoms with van der Waals surface area (Å²) in [5.74, 6) is 0.00152. The van der Waals surface area contributed by atoms with E-state index in [4.69, 9.17) is 23.2 Å². The maximum Gasteiger partial charge on any atom is 0.0874 e. The number of benzene rings is 1. The molecule has 0 spiro atoms. The van der Waals surface area contributed by atoms with Crippen LogP contribution in [0.15, 0.2) is 17.3 Å². The third-order valence-electron chi connectivity index (χ3n) is 3.32. The average Bonchev–Trinajstić information content (AvgIpc) is 3.01. The number of nitriles is 1. The Hall–Kier alpha value is -1.11. The highest BCUT2D eigenvalue weighted by molar-refractivity contribution is 6.42. The molecule has 1 aliphatic carbocycles. The van der Waals surface area contributed by atoms with Crippen molar-refractivity contribution in [3.63, 3.8) is 0 Å². The fraction of sp³-hybridized carbons (Fsp3) is 0.417. The molecule has 1 aliphatic rings. The lowest BCUT2D eigenvalue weighted by Gasteiger charge is -2.11. The van der Waals surface area contributed by atoms with Crippen molar-refractivity contribution < 1.29 is 0 Å². The number of nitroso groups, excluding NO2 is 1. The molecule has 2 atom stereocenters. The smallest absolute Gasteiger partial charge is 0.0874 e. The number of nitrogens with zero attached hydrogens (tertiary/aromatic N) is 2. The Kier molecular flexibility index (Phi) is 3.11. The lowest BCUT2D eigenvalue weighted by Crippen LogP contribution is -2.09. The number of hydrogen-bond acceptors (Lipinski definition) is 3. The minimum atomic E-state index is -0.604. The normalized spacial score (nSPS) is 26.4. The Labute approximate surface area is 109 Å². The van der Waals surface area contributed by atoms with Gasteiger partial charge in [-0.1, -0.05) is 34.4 Å². The van der Waals surface area contributed by atoms with E-state index in [1.165, 1.54) is 0 Å². The topological polar surface area (TPSA) is 53.2 Å². The summed E-state index contributed by atoms with van der Waals surface area (Å²) in [5, 5.41) is 13.1. The van der Waals surface area contributed by atoms with Crippen LogP contribution in [-0.2, 0) is 5.41 Å². The zero-order valence-corrected chi connectivity index (χ0v) is 10.7. The highest BCUT2D eigenvalue weighted by Crippen LogP contribution is 2.54. The monoisotopic (exact) mass is 268 g/mol. The quantitative estimate of drug-likeness (QED) is 0.782. The van der Waals surface area contributed by atoms with Gasteiger partial charge < -0.3 is 0 Å². The van der Waals surface area contributed by atoms with Crippen molar-refractivity contribution in [2.45, 2.75) is 18.8 Å². The van der Waals surface area contributed by atoms with Gasteiger partial charge >= 0.3 is 0 Å². The molecule has 2 rings (SSSR count). The van der Waals surface area contributed by atoms with Crippen LogP contribution in [0.3, 0.4) is 0 Å². The number of aryl methyl sites for hydroxylation is 1. The number of halogens is 2. The van der Waals surface area contributed by atoms with Gasteiger partial charge in [-0.25, -0.2) is 0 Å². The van der Waals surface area contributed by atoms with Crippen LogP contribution in [0.2, 0.25) is 10.0 Å². The van der Waals surface area contributed by atoms with Gasteiger partial charge in [-0.2, -0.15) is 10.2 Å². The Morgan fingerprint density at radius 1 is 1.59 bits per heavy atom. The molecular weight excluding hydrogens is 259 g/mol. The molecule has 0 heterocycles. The SMILES string of the molecule is Cc1cc([C@@]2(C#N)C[C@@H]2CN=O)cc(Cl)c1Cl. The minimum Gasteiger partial charge on any atom is -0.197 e. The minimum absolute atomic E-state index is 0.00152. The molecule has 5 heteroatoms. The highest BCUT2D eigenvalue weighted by Gasteiger charge is 2.56. The molecule has 1 fully saturated rings. The fourth-order valence-corrected chi connectivity index (χ4v) is 2.55. The third kappa shape index (κ3) is 1.92. The van der Waals surface area contributed by atoms with Crippen molar-refractivity contribution in [2.24, 2.45) is 11.1 Å². The van der Waals surface area contributed by atoms with Crippen LogP contribution in [0, 0.1) is 29.1 Å². The van der Waals surface area contributed by atoms with Crippen LogP contribution >= 0.6 is 23.2 Å². The Morgan fingerprint density at radius 2 is 2.29 bits per heavy atom. The maximum absolute atomic E-state index is 10.3. The second kappa shape index (κ2) is 4.29. The summed E-state index contributed by atoms with van der Waals surface area (Å²) >= 11 is 12.0. The summed E-state index contributed by atoms with van der Waals surface area (Å²) in [7, 11) is 0. The molecule has 0 saturated heterocycles. The van der Waals surface area contributed by atoms with E-state index in [1.54, 1.807) is 6.07 Å². The standard InChI is InChI=1S/C12H10Cl2N2O/c1-7-2-8(3-10(13)11(7)14)12(6-15)4-9(12)5-16-17/h2-3,9H,4-5H2,1H3/t9-,12+/m1/s1. The predicted octanol–water partition coefficient (Wildman–Crippen LogP) is 3.85. The zero-order valence-electron chi connectivity index (χ0n) is 9.20. The van der Waals surface area contributed by atoms with Gasteiger partial charge in [0.15, 0.2) is 0 Å². The average molecular weight is 269 g/mol. The first-order chi connectivity index (χ1) is 8.05. The van der Waals surface area contributed by atoms with E-state index in [-0.39, 0.29) is 12.5 Å². The molecule has 1 aromatic rings. The Morgan fingerprint density at radius 3 is 2.82 bits per heavy atom. The van der Waals surface area contributed by atoms with E-state index in [0.717, 1.165) is 11.1 Å². The first kappa shape index (κ1) is 12.3.